The monoisotopic (exact) mass is 354 g/mol. The summed E-state index contributed by atoms with van der Waals surface area (Å²) in [6, 6.07) is 9.54. The average molecular weight is 354 g/mol. The molecule has 1 N–H and O–H groups in total. The number of hydrogen-bond acceptors (Lipinski definition) is 5. The Bertz CT molecular complexity index is 927. The van der Waals surface area contributed by atoms with Crippen LogP contribution in [0.2, 0.25) is 0 Å². The molecule has 7 heteroatoms. The summed E-state index contributed by atoms with van der Waals surface area (Å²) in [5, 5.41) is 9.89. The van der Waals surface area contributed by atoms with Crippen LogP contribution in [0.4, 0.5) is 5.82 Å². The first-order chi connectivity index (χ1) is 12.1. The molecule has 128 valence electrons. The lowest BCUT2D eigenvalue weighted by molar-refractivity contribution is -0.111. The molecule has 0 atom stereocenters. The molecule has 0 saturated heterocycles. The van der Waals surface area contributed by atoms with E-state index in [-0.39, 0.29) is 5.91 Å². The van der Waals surface area contributed by atoms with E-state index in [0.717, 1.165) is 22.7 Å². The first-order valence-electron chi connectivity index (χ1n) is 7.71. The van der Waals surface area contributed by atoms with Crippen LogP contribution in [-0.4, -0.2) is 27.8 Å². The third kappa shape index (κ3) is 3.77. The highest BCUT2D eigenvalue weighted by Crippen LogP contribution is 2.28. The number of aromatic nitrogens is 3. The summed E-state index contributed by atoms with van der Waals surface area (Å²) in [7, 11) is 1.64. The van der Waals surface area contributed by atoms with Crippen LogP contribution < -0.4 is 10.1 Å². The maximum atomic E-state index is 11.8. The molecule has 0 bridgehead atoms. The molecule has 1 amide bonds. The zero-order valence-electron chi connectivity index (χ0n) is 14.2. The van der Waals surface area contributed by atoms with E-state index in [1.54, 1.807) is 24.8 Å². The molecule has 0 unspecified atom stereocenters. The van der Waals surface area contributed by atoms with Crippen LogP contribution in [0.15, 0.2) is 47.9 Å². The van der Waals surface area contributed by atoms with Gasteiger partial charge in [-0.2, -0.15) is 9.78 Å². The summed E-state index contributed by atoms with van der Waals surface area (Å²) in [6.07, 6.45) is 3.16. The van der Waals surface area contributed by atoms with Crippen molar-refractivity contribution in [2.24, 2.45) is 0 Å². The van der Waals surface area contributed by atoms with Crippen molar-refractivity contribution in [3.05, 3.63) is 53.6 Å². The summed E-state index contributed by atoms with van der Waals surface area (Å²) in [5.41, 5.74) is 2.59. The minimum Gasteiger partial charge on any atom is -0.497 e. The van der Waals surface area contributed by atoms with Gasteiger partial charge in [0.25, 0.3) is 0 Å². The summed E-state index contributed by atoms with van der Waals surface area (Å²) in [6.45, 7) is 3.67. The summed E-state index contributed by atoms with van der Waals surface area (Å²) in [4.78, 5) is 16.5. The number of allylic oxidation sites excluding steroid dienone is 1. The van der Waals surface area contributed by atoms with Gasteiger partial charge >= 0.3 is 0 Å². The topological polar surface area (TPSA) is 69.0 Å². The largest absolute Gasteiger partial charge is 0.497 e. The van der Waals surface area contributed by atoms with Crippen molar-refractivity contribution in [2.45, 2.75) is 13.8 Å². The number of aryl methyl sites for hydroxylation is 1. The van der Waals surface area contributed by atoms with E-state index in [1.165, 1.54) is 17.4 Å². The maximum Gasteiger partial charge on any atom is 0.249 e. The highest BCUT2D eigenvalue weighted by atomic mass is 32.1. The van der Waals surface area contributed by atoms with Gasteiger partial charge in [0.05, 0.1) is 18.5 Å². The third-order valence-corrected chi connectivity index (χ3v) is 4.26. The Morgan fingerprint density at radius 1 is 1.36 bits per heavy atom. The number of nitrogens with zero attached hydrogens (tertiary/aromatic N) is 3. The maximum absolute atomic E-state index is 11.8. The Hall–Kier alpha value is -2.93. The van der Waals surface area contributed by atoms with Crippen molar-refractivity contribution in [3.8, 4) is 22.1 Å². The lowest BCUT2D eigenvalue weighted by atomic mass is 10.2. The molecule has 2 heterocycles. The Kier molecular flexibility index (Phi) is 4.95. The van der Waals surface area contributed by atoms with E-state index in [4.69, 9.17) is 4.74 Å². The minimum atomic E-state index is -0.201. The van der Waals surface area contributed by atoms with Gasteiger partial charge in [0, 0.05) is 17.0 Å². The molecule has 25 heavy (non-hydrogen) atoms. The molecule has 3 rings (SSSR count). The Balaban J connectivity index is 1.93. The lowest BCUT2D eigenvalue weighted by Gasteiger charge is -2.04. The second-order valence-electron chi connectivity index (χ2n) is 5.32. The highest BCUT2D eigenvalue weighted by molar-refractivity contribution is 7.12. The summed E-state index contributed by atoms with van der Waals surface area (Å²) >= 11 is 1.46. The van der Waals surface area contributed by atoms with E-state index in [1.807, 2.05) is 42.6 Å². The quantitative estimate of drug-likeness (QED) is 0.707. The average Bonchev–Trinajstić information content (AvgIpc) is 3.22. The van der Waals surface area contributed by atoms with Crippen molar-refractivity contribution in [2.75, 3.05) is 12.4 Å². The number of anilines is 1. The predicted octanol–water partition coefficient (Wildman–Crippen LogP) is 3.83. The molecule has 0 aliphatic heterocycles. The standard InChI is InChI=1S/C18H18N4O2S/c1-4-6-17(23)20-16-9-12(2)21-22(16)18-19-15(11-25-18)13-7-5-8-14(10-13)24-3/h4-11H,1-3H3,(H,20,23)/b6-4+. The number of nitrogens with one attached hydrogen (secondary N) is 1. The highest BCUT2D eigenvalue weighted by Gasteiger charge is 2.14. The molecule has 0 spiro atoms. The number of amides is 1. The van der Waals surface area contributed by atoms with E-state index in [2.05, 4.69) is 15.4 Å². The molecule has 3 aromatic rings. The molecular weight excluding hydrogens is 336 g/mol. The van der Waals surface area contributed by atoms with Crippen molar-refractivity contribution >= 4 is 23.1 Å². The molecule has 1 aromatic carbocycles. The zero-order valence-corrected chi connectivity index (χ0v) is 15.0. The Morgan fingerprint density at radius 2 is 2.20 bits per heavy atom. The molecule has 0 aliphatic carbocycles. The van der Waals surface area contributed by atoms with Gasteiger partial charge in [-0.3, -0.25) is 4.79 Å². The van der Waals surface area contributed by atoms with Crippen molar-refractivity contribution in [1.82, 2.24) is 14.8 Å². The minimum absolute atomic E-state index is 0.201. The molecule has 6 nitrogen and oxygen atoms in total. The van der Waals surface area contributed by atoms with Gasteiger partial charge in [-0.25, -0.2) is 4.98 Å². The number of carbonyl (C=O) groups is 1. The lowest BCUT2D eigenvalue weighted by Crippen LogP contribution is -2.12. The van der Waals surface area contributed by atoms with Gasteiger partial charge in [0.2, 0.25) is 11.0 Å². The van der Waals surface area contributed by atoms with E-state index in [0.29, 0.717) is 10.9 Å². The zero-order chi connectivity index (χ0) is 17.8. The molecular formula is C18H18N4O2S. The third-order valence-electron chi connectivity index (χ3n) is 3.44. The number of thiazole rings is 1. The SMILES string of the molecule is C/C=C/C(=O)Nc1cc(C)nn1-c1nc(-c2cccc(OC)c2)cs1. The van der Waals surface area contributed by atoms with Gasteiger partial charge in [-0.15, -0.1) is 11.3 Å². The first-order valence-corrected chi connectivity index (χ1v) is 8.59. The second kappa shape index (κ2) is 7.31. The Labute approximate surface area is 149 Å². The number of rotatable bonds is 5. The van der Waals surface area contributed by atoms with Crippen LogP contribution in [0.3, 0.4) is 0 Å². The van der Waals surface area contributed by atoms with Gasteiger partial charge < -0.3 is 10.1 Å². The fourth-order valence-electron chi connectivity index (χ4n) is 2.33. The fourth-order valence-corrected chi connectivity index (χ4v) is 3.13. The van der Waals surface area contributed by atoms with Crippen LogP contribution in [0.5, 0.6) is 5.75 Å². The van der Waals surface area contributed by atoms with Crippen LogP contribution >= 0.6 is 11.3 Å². The summed E-state index contributed by atoms with van der Waals surface area (Å²) < 4.78 is 6.91. The number of methoxy groups -OCH3 is 1. The van der Waals surface area contributed by atoms with E-state index >= 15 is 0 Å². The van der Waals surface area contributed by atoms with Crippen LogP contribution in [-0.2, 0) is 4.79 Å². The fraction of sp³-hybridized carbons (Fsp3) is 0.167. The number of benzene rings is 1. The molecule has 2 aromatic heterocycles. The van der Waals surface area contributed by atoms with Crippen molar-refractivity contribution in [1.29, 1.82) is 0 Å². The molecule has 0 saturated carbocycles. The number of ether oxygens (including phenoxy) is 1. The van der Waals surface area contributed by atoms with Crippen molar-refractivity contribution in [3.63, 3.8) is 0 Å². The summed E-state index contributed by atoms with van der Waals surface area (Å²) in [5.74, 6) is 1.17. The normalized spacial score (nSPS) is 11.0. The predicted molar refractivity (Wildman–Crippen MR) is 99.4 cm³/mol. The molecule has 0 fully saturated rings. The smallest absolute Gasteiger partial charge is 0.249 e. The van der Waals surface area contributed by atoms with E-state index < -0.39 is 0 Å². The van der Waals surface area contributed by atoms with Crippen LogP contribution in [0.1, 0.15) is 12.6 Å². The van der Waals surface area contributed by atoms with Crippen LogP contribution in [0.25, 0.3) is 16.4 Å². The van der Waals surface area contributed by atoms with Crippen molar-refractivity contribution < 1.29 is 9.53 Å². The Morgan fingerprint density at radius 3 is 2.96 bits per heavy atom. The molecule has 0 aliphatic rings. The van der Waals surface area contributed by atoms with Gasteiger partial charge in [-0.1, -0.05) is 18.2 Å². The van der Waals surface area contributed by atoms with Gasteiger partial charge in [0.1, 0.15) is 11.6 Å². The van der Waals surface area contributed by atoms with Gasteiger partial charge in [0.15, 0.2) is 0 Å². The number of carbonyl (C=O) groups excluding carboxylic acids is 1. The second-order valence-corrected chi connectivity index (χ2v) is 6.16. The number of hydrogen-bond donors (Lipinski definition) is 1. The van der Waals surface area contributed by atoms with Crippen LogP contribution in [0, 0.1) is 6.92 Å². The van der Waals surface area contributed by atoms with Gasteiger partial charge in [-0.05, 0) is 32.1 Å². The first kappa shape index (κ1) is 16.9. The molecule has 0 radical (unpaired) electrons. The van der Waals surface area contributed by atoms with E-state index in [9.17, 15) is 4.79 Å².